The second-order valence-corrected chi connectivity index (χ2v) is 23.1. The molecular formula is C47H74O20. The normalized spacial score (nSPS) is 54.0. The van der Waals surface area contributed by atoms with Crippen molar-refractivity contribution in [2.45, 2.75) is 198 Å². The number of ether oxygens (including phenoxy) is 6. The molecule has 0 unspecified atom stereocenters. The number of carboxylic acid groups (broad SMARTS) is 1. The Morgan fingerprint density at radius 3 is 2.03 bits per heavy atom. The summed E-state index contributed by atoms with van der Waals surface area (Å²) in [7, 11) is 0. The molecule has 0 aromatic heterocycles. The van der Waals surface area contributed by atoms with Crippen LogP contribution in [0.3, 0.4) is 0 Å². The predicted molar refractivity (Wildman–Crippen MR) is 228 cm³/mol. The first-order chi connectivity index (χ1) is 31.2. The second kappa shape index (κ2) is 18.0. The number of hydrogen-bond acceptors (Lipinski definition) is 19. The van der Waals surface area contributed by atoms with E-state index < -0.39 is 152 Å². The van der Waals surface area contributed by atoms with Crippen molar-refractivity contribution < 1.29 is 99.3 Å². The second-order valence-electron chi connectivity index (χ2n) is 23.1. The fourth-order valence-electron chi connectivity index (χ4n) is 14.9. The quantitative estimate of drug-likeness (QED) is 0.0735. The van der Waals surface area contributed by atoms with Gasteiger partial charge in [0.25, 0.3) is 0 Å². The summed E-state index contributed by atoms with van der Waals surface area (Å²) in [5, 5.41) is 129. The number of aliphatic carboxylic acids is 1. The summed E-state index contributed by atoms with van der Waals surface area (Å²) in [5.74, 6) is -2.77. The number of carbonyl (C=O) groups excluding carboxylic acids is 1. The average Bonchev–Trinajstić information content (AvgIpc) is 3.26. The van der Waals surface area contributed by atoms with Crippen LogP contribution in [-0.2, 0) is 38.0 Å². The molecule has 0 amide bonds. The highest BCUT2D eigenvalue weighted by Crippen LogP contribution is 2.76. The van der Waals surface area contributed by atoms with Gasteiger partial charge in [-0.3, -0.25) is 4.79 Å². The molecule has 0 bridgehead atoms. The Morgan fingerprint density at radius 1 is 0.701 bits per heavy atom. The molecule has 8 aliphatic rings. The molecule has 0 radical (unpaired) electrons. The Balaban J connectivity index is 1.06. The largest absolute Gasteiger partial charge is 0.479 e. The van der Waals surface area contributed by atoms with Crippen LogP contribution in [0, 0.1) is 50.2 Å². The van der Waals surface area contributed by atoms with Crippen LogP contribution < -0.4 is 0 Å². The van der Waals surface area contributed by atoms with Crippen LogP contribution in [-0.4, -0.2) is 191 Å². The van der Waals surface area contributed by atoms with Crippen molar-refractivity contribution in [3.63, 3.8) is 0 Å². The standard InChI is InChI=1S/C47H74O20/c1-42(2)11-13-47(41(61)67-39-31(56)29(54)28(53)24(17-48)63-39)14-12-45(5)20(21(47)15-42)7-8-26-43(3)16-22(50)36(44(4,19-49)25(43)9-10-46(26,45)6)66-40-33(58)34(32(57)35(65-40)37(59)60)64-38-30(55)27(52)23(51)18-62-38/h7,21-36,38-40,48-58H,8-19H2,1-6H3,(H,59,60)/t21-,22-,23+,24+,25+,26+,27-,28+,29-,30+,31+,32-,33+,34-,35-,36-,38-,39-,40-,43-,44-,45+,46+,47-/m0/s1. The van der Waals surface area contributed by atoms with E-state index in [-0.39, 0.29) is 35.0 Å². The number of aliphatic hydroxyl groups is 11. The molecule has 0 aromatic rings. The van der Waals surface area contributed by atoms with E-state index in [0.29, 0.717) is 44.9 Å². The minimum atomic E-state index is -2.02. The summed E-state index contributed by atoms with van der Waals surface area (Å²) in [5.41, 5.74) is -2.59. The van der Waals surface area contributed by atoms with E-state index in [1.807, 2.05) is 0 Å². The molecule has 12 N–H and O–H groups in total. The third-order valence-corrected chi connectivity index (χ3v) is 19.0. The van der Waals surface area contributed by atoms with E-state index >= 15 is 0 Å². The molecular weight excluding hydrogens is 884 g/mol. The lowest BCUT2D eigenvalue weighted by Gasteiger charge is -2.72. The van der Waals surface area contributed by atoms with E-state index in [2.05, 4.69) is 40.7 Å². The maximum atomic E-state index is 14.7. The van der Waals surface area contributed by atoms with Crippen LogP contribution in [0.2, 0.25) is 0 Å². The number of esters is 1. The fraction of sp³-hybridized carbons (Fsp3) is 0.915. The minimum Gasteiger partial charge on any atom is -0.479 e. The summed E-state index contributed by atoms with van der Waals surface area (Å²) in [6.45, 7) is 11.3. The van der Waals surface area contributed by atoms with Crippen molar-refractivity contribution in [2.24, 2.45) is 50.2 Å². The van der Waals surface area contributed by atoms with Crippen LogP contribution in [0.15, 0.2) is 11.6 Å². The summed E-state index contributed by atoms with van der Waals surface area (Å²) in [6, 6.07) is 0. The van der Waals surface area contributed by atoms with Gasteiger partial charge < -0.3 is 89.7 Å². The molecule has 67 heavy (non-hydrogen) atoms. The summed E-state index contributed by atoms with van der Waals surface area (Å²) in [4.78, 5) is 27.1. The monoisotopic (exact) mass is 958 g/mol. The third-order valence-electron chi connectivity index (χ3n) is 19.0. The number of fused-ring (bicyclic) bond motifs is 7. The van der Waals surface area contributed by atoms with Crippen LogP contribution in [0.4, 0.5) is 0 Å². The van der Waals surface area contributed by atoms with Gasteiger partial charge in [0.05, 0.1) is 37.4 Å². The molecule has 0 aromatic carbocycles. The lowest BCUT2D eigenvalue weighted by atomic mass is 9.33. The molecule has 3 aliphatic heterocycles. The van der Waals surface area contributed by atoms with E-state index in [1.54, 1.807) is 6.92 Å². The number of hydrogen-bond donors (Lipinski definition) is 12. The van der Waals surface area contributed by atoms with Crippen LogP contribution in [0.5, 0.6) is 0 Å². The number of aliphatic hydroxyl groups excluding tert-OH is 11. The predicted octanol–water partition coefficient (Wildman–Crippen LogP) is -1.18. The van der Waals surface area contributed by atoms with Gasteiger partial charge >= 0.3 is 11.9 Å². The van der Waals surface area contributed by atoms with Crippen molar-refractivity contribution in [3.05, 3.63) is 11.6 Å². The van der Waals surface area contributed by atoms with Crippen LogP contribution >= 0.6 is 0 Å². The lowest BCUT2D eigenvalue weighted by Crippen LogP contribution is -2.70. The molecule has 7 fully saturated rings. The SMILES string of the molecule is CC1(C)CC[C@]2(C(=O)O[C@@H]3O[C@H](CO)[C@@H](O)[C@H](O)[C@H]3O)CC[C@]3(C)C(=CC[C@@H]4[C@@]5(C)C[C@H](O)[C@H](O[C@@H]6O[C@H](C(=O)O)[C@@H](O)[C@H](O[C@@H]7OC[C@@H](O)[C@H](O)[C@H]7O)[C@H]6O)[C@@](C)(CO)[C@@H]5CC[C@]43C)[C@@H]2C1. The van der Waals surface area contributed by atoms with E-state index in [1.165, 1.54) is 0 Å². The molecule has 3 saturated heterocycles. The first-order valence-corrected chi connectivity index (χ1v) is 24.0. The topological polar surface area (TPSA) is 332 Å². The Bertz CT molecular complexity index is 1880. The number of carboxylic acids is 1. The molecule has 8 rings (SSSR count). The van der Waals surface area contributed by atoms with Gasteiger partial charge in [0.2, 0.25) is 6.29 Å². The van der Waals surface area contributed by atoms with Crippen molar-refractivity contribution in [3.8, 4) is 0 Å². The van der Waals surface area contributed by atoms with E-state index in [4.69, 9.17) is 28.4 Å². The zero-order chi connectivity index (χ0) is 49.1. The van der Waals surface area contributed by atoms with Gasteiger partial charge in [-0.05, 0) is 97.2 Å². The van der Waals surface area contributed by atoms with E-state index in [9.17, 15) is 70.9 Å². The number of allylic oxidation sites excluding steroid dienone is 2. The molecule has 20 heteroatoms. The highest BCUT2D eigenvalue weighted by atomic mass is 16.7. The number of rotatable bonds is 9. The van der Waals surface area contributed by atoms with Gasteiger partial charge in [0.15, 0.2) is 18.7 Å². The maximum Gasteiger partial charge on any atom is 0.335 e. The van der Waals surface area contributed by atoms with Gasteiger partial charge in [0.1, 0.15) is 61.0 Å². The van der Waals surface area contributed by atoms with Crippen molar-refractivity contribution in [2.75, 3.05) is 19.8 Å². The van der Waals surface area contributed by atoms with E-state index in [0.717, 1.165) is 12.0 Å². The summed E-state index contributed by atoms with van der Waals surface area (Å²) < 4.78 is 34.6. The molecule has 20 nitrogen and oxygen atoms in total. The van der Waals surface area contributed by atoms with Gasteiger partial charge in [-0.2, -0.15) is 0 Å². The molecule has 24 atom stereocenters. The Hall–Kier alpha value is -1.96. The smallest absolute Gasteiger partial charge is 0.335 e. The van der Waals surface area contributed by atoms with Gasteiger partial charge in [0, 0.05) is 5.41 Å². The maximum absolute atomic E-state index is 14.7. The molecule has 5 aliphatic carbocycles. The van der Waals surface area contributed by atoms with Crippen LogP contribution in [0.25, 0.3) is 0 Å². The highest BCUT2D eigenvalue weighted by molar-refractivity contribution is 5.79. The third kappa shape index (κ3) is 7.95. The Labute approximate surface area is 389 Å². The van der Waals surface area contributed by atoms with Crippen molar-refractivity contribution in [1.82, 2.24) is 0 Å². The Kier molecular flexibility index (Phi) is 13.8. The molecule has 382 valence electrons. The van der Waals surface area contributed by atoms with Gasteiger partial charge in [-0.15, -0.1) is 0 Å². The Morgan fingerprint density at radius 2 is 1.37 bits per heavy atom. The molecule has 3 heterocycles. The lowest BCUT2D eigenvalue weighted by molar-refractivity contribution is -0.364. The first-order valence-electron chi connectivity index (χ1n) is 24.0. The van der Waals surface area contributed by atoms with Crippen molar-refractivity contribution >= 4 is 11.9 Å². The average molecular weight is 959 g/mol. The van der Waals surface area contributed by atoms with Gasteiger partial charge in [-0.25, -0.2) is 4.79 Å². The van der Waals surface area contributed by atoms with Crippen LogP contribution in [0.1, 0.15) is 99.3 Å². The van der Waals surface area contributed by atoms with Crippen molar-refractivity contribution in [1.29, 1.82) is 0 Å². The summed E-state index contributed by atoms with van der Waals surface area (Å²) in [6.07, 6.45) is -19.4. The first kappa shape index (κ1) is 51.4. The zero-order valence-electron chi connectivity index (χ0n) is 39.2. The zero-order valence-corrected chi connectivity index (χ0v) is 39.2. The highest BCUT2D eigenvalue weighted by Gasteiger charge is 2.71. The fourth-order valence-corrected chi connectivity index (χ4v) is 14.9. The number of carbonyl (C=O) groups is 2. The summed E-state index contributed by atoms with van der Waals surface area (Å²) >= 11 is 0. The molecule has 0 spiro atoms. The van der Waals surface area contributed by atoms with Gasteiger partial charge in [-0.1, -0.05) is 53.2 Å². The minimum absolute atomic E-state index is 0.0456. The molecule has 4 saturated carbocycles.